The number of rotatable bonds is 7. The first-order valence-electron chi connectivity index (χ1n) is 8.69. The van der Waals surface area contributed by atoms with Gasteiger partial charge in [0, 0.05) is 18.7 Å². The average Bonchev–Trinajstić information content (AvgIpc) is 2.68. The minimum atomic E-state index is -4.43. The van der Waals surface area contributed by atoms with E-state index in [9.17, 15) is 28.1 Å². The maximum absolute atomic E-state index is 12.7. The highest BCUT2D eigenvalue weighted by molar-refractivity contribution is 5.79. The molecule has 3 rings (SSSR count). The van der Waals surface area contributed by atoms with E-state index >= 15 is 0 Å². The van der Waals surface area contributed by atoms with E-state index in [0.29, 0.717) is 24.9 Å². The molecule has 0 aliphatic rings. The lowest BCUT2D eigenvalue weighted by Gasteiger charge is -2.10. The number of aromatic nitrogens is 2. The summed E-state index contributed by atoms with van der Waals surface area (Å²) in [5, 5.41) is 11.0. The molecule has 7 nitrogen and oxygen atoms in total. The lowest BCUT2D eigenvalue weighted by molar-refractivity contribution is -0.384. The number of unbranched alkanes of at least 4 members (excludes halogenated alkanes) is 1. The fourth-order valence-corrected chi connectivity index (χ4v) is 2.76. The molecule has 3 aromatic rings. The Hall–Kier alpha value is -3.43. The first kappa shape index (κ1) is 20.3. The van der Waals surface area contributed by atoms with Gasteiger partial charge in [0.25, 0.3) is 11.2 Å². The summed E-state index contributed by atoms with van der Waals surface area (Å²) in [6.45, 7) is 0.485. The molecule has 0 spiro atoms. The molecule has 0 N–H and O–H groups in total. The van der Waals surface area contributed by atoms with E-state index in [1.807, 2.05) is 0 Å². The molecule has 1 heterocycles. The molecule has 1 aromatic heterocycles. The number of hydrogen-bond acceptors (Lipinski definition) is 5. The number of fused-ring (bicyclic) bond motifs is 1. The molecule has 0 bridgehead atoms. The van der Waals surface area contributed by atoms with Crippen molar-refractivity contribution in [3.8, 4) is 5.75 Å². The van der Waals surface area contributed by atoms with Crippen LogP contribution in [-0.2, 0) is 12.7 Å². The number of non-ortho nitro benzene ring substituents is 1. The Labute approximate surface area is 162 Å². The molecule has 0 aliphatic heterocycles. The van der Waals surface area contributed by atoms with E-state index < -0.39 is 22.2 Å². The Morgan fingerprint density at radius 1 is 1.14 bits per heavy atom. The molecule has 152 valence electrons. The maximum Gasteiger partial charge on any atom is 0.416 e. The Balaban J connectivity index is 1.58. The van der Waals surface area contributed by atoms with Crippen molar-refractivity contribution in [2.24, 2.45) is 0 Å². The third kappa shape index (κ3) is 4.89. The summed E-state index contributed by atoms with van der Waals surface area (Å²) in [5.74, 6) is 0.122. The van der Waals surface area contributed by atoms with Crippen LogP contribution in [0.4, 0.5) is 18.9 Å². The zero-order valence-electron chi connectivity index (χ0n) is 15.1. The van der Waals surface area contributed by atoms with Crippen LogP contribution < -0.4 is 10.3 Å². The monoisotopic (exact) mass is 407 g/mol. The largest absolute Gasteiger partial charge is 0.494 e. The third-order valence-electron chi connectivity index (χ3n) is 4.24. The third-order valence-corrected chi connectivity index (χ3v) is 4.24. The van der Waals surface area contributed by atoms with Crippen LogP contribution in [0.5, 0.6) is 5.75 Å². The van der Waals surface area contributed by atoms with Crippen molar-refractivity contribution in [2.45, 2.75) is 25.6 Å². The molecule has 0 fully saturated rings. The Morgan fingerprint density at radius 3 is 2.66 bits per heavy atom. The number of nitro benzene ring substituents is 1. The van der Waals surface area contributed by atoms with E-state index in [0.717, 1.165) is 12.1 Å². The van der Waals surface area contributed by atoms with Crippen molar-refractivity contribution in [1.82, 2.24) is 9.55 Å². The quantitative estimate of drug-likeness (QED) is 0.333. The number of alkyl halides is 3. The number of ether oxygens (including phenoxy) is 1. The minimum Gasteiger partial charge on any atom is -0.494 e. The topological polar surface area (TPSA) is 87.3 Å². The second-order valence-corrected chi connectivity index (χ2v) is 6.28. The summed E-state index contributed by atoms with van der Waals surface area (Å²) < 4.78 is 44.7. The number of halogens is 3. The van der Waals surface area contributed by atoms with Gasteiger partial charge in [0.2, 0.25) is 0 Å². The zero-order chi connectivity index (χ0) is 21.0. The Bertz CT molecular complexity index is 1100. The second-order valence-electron chi connectivity index (χ2n) is 6.28. The molecule has 0 saturated heterocycles. The molecule has 2 aromatic carbocycles. The van der Waals surface area contributed by atoms with Crippen molar-refractivity contribution >= 4 is 16.6 Å². The fourth-order valence-electron chi connectivity index (χ4n) is 2.76. The van der Waals surface area contributed by atoms with Crippen molar-refractivity contribution in [2.75, 3.05) is 6.61 Å². The molecule has 0 aliphatic carbocycles. The fraction of sp³-hybridized carbons (Fsp3) is 0.263. The molecular formula is C19H16F3N3O4. The normalized spacial score (nSPS) is 11.6. The number of hydrogen-bond donors (Lipinski definition) is 0. The summed E-state index contributed by atoms with van der Waals surface area (Å²) in [5.41, 5.74) is -0.997. The van der Waals surface area contributed by atoms with E-state index in [-0.39, 0.29) is 23.4 Å². The smallest absolute Gasteiger partial charge is 0.416 e. The van der Waals surface area contributed by atoms with Gasteiger partial charge in [0.15, 0.2) is 0 Å². The van der Waals surface area contributed by atoms with E-state index in [1.165, 1.54) is 41.2 Å². The summed E-state index contributed by atoms with van der Waals surface area (Å²) in [6.07, 6.45) is -2.06. The number of nitro groups is 1. The van der Waals surface area contributed by atoms with Crippen molar-refractivity contribution in [3.05, 3.63) is 74.8 Å². The lowest BCUT2D eigenvalue weighted by atomic mass is 10.2. The van der Waals surface area contributed by atoms with Gasteiger partial charge in [-0.05, 0) is 37.1 Å². The molecule has 0 radical (unpaired) electrons. The predicted molar refractivity (Wildman–Crippen MR) is 98.8 cm³/mol. The summed E-state index contributed by atoms with van der Waals surface area (Å²) >= 11 is 0. The number of benzene rings is 2. The molecule has 0 saturated carbocycles. The molecule has 10 heteroatoms. The van der Waals surface area contributed by atoms with Gasteiger partial charge in [-0.2, -0.15) is 13.2 Å². The van der Waals surface area contributed by atoms with Crippen molar-refractivity contribution in [1.29, 1.82) is 0 Å². The lowest BCUT2D eigenvalue weighted by Crippen LogP contribution is -2.21. The van der Waals surface area contributed by atoms with E-state index in [1.54, 1.807) is 0 Å². The minimum absolute atomic E-state index is 0.122. The highest BCUT2D eigenvalue weighted by Gasteiger charge is 2.30. The van der Waals surface area contributed by atoms with Crippen LogP contribution in [0.15, 0.2) is 53.6 Å². The Morgan fingerprint density at radius 2 is 1.93 bits per heavy atom. The predicted octanol–water partition coefficient (Wildman–Crippen LogP) is 4.18. The van der Waals surface area contributed by atoms with Crippen LogP contribution in [0.3, 0.4) is 0 Å². The molecule has 0 amide bonds. The highest BCUT2D eigenvalue weighted by Crippen LogP contribution is 2.31. The van der Waals surface area contributed by atoms with Gasteiger partial charge >= 0.3 is 6.18 Å². The summed E-state index contributed by atoms with van der Waals surface area (Å²) in [4.78, 5) is 26.9. The number of nitrogens with zero attached hydrogens (tertiary/aromatic N) is 3. The van der Waals surface area contributed by atoms with Gasteiger partial charge in [0.05, 0.1) is 34.3 Å². The van der Waals surface area contributed by atoms with Crippen LogP contribution >= 0.6 is 0 Å². The van der Waals surface area contributed by atoms with Gasteiger partial charge in [-0.15, -0.1) is 0 Å². The van der Waals surface area contributed by atoms with Gasteiger partial charge in [0.1, 0.15) is 5.75 Å². The summed E-state index contributed by atoms with van der Waals surface area (Å²) in [6, 6.07) is 8.52. The molecule has 0 atom stereocenters. The molecular weight excluding hydrogens is 391 g/mol. The summed E-state index contributed by atoms with van der Waals surface area (Å²) in [7, 11) is 0. The highest BCUT2D eigenvalue weighted by atomic mass is 19.4. The Kier molecular flexibility index (Phi) is 5.81. The SMILES string of the molecule is O=c1c2cc([N+](=O)[O-])ccc2ncn1CCCCOc1cccc(C(F)(F)F)c1. The van der Waals surface area contributed by atoms with Gasteiger partial charge in [-0.1, -0.05) is 6.07 Å². The van der Waals surface area contributed by atoms with Gasteiger partial charge in [-0.25, -0.2) is 4.98 Å². The zero-order valence-corrected chi connectivity index (χ0v) is 15.1. The van der Waals surface area contributed by atoms with Crippen LogP contribution in [0.2, 0.25) is 0 Å². The molecule has 0 unspecified atom stereocenters. The standard InChI is InChI=1S/C19H16F3N3O4/c20-19(21,22)13-4-3-5-15(10-13)29-9-2-1-8-24-12-23-17-7-6-14(25(27)28)11-16(17)18(24)26/h3-7,10-12H,1-2,8-9H2. The first-order valence-corrected chi connectivity index (χ1v) is 8.69. The van der Waals surface area contributed by atoms with Crippen LogP contribution in [0.1, 0.15) is 18.4 Å². The van der Waals surface area contributed by atoms with Gasteiger partial charge < -0.3 is 4.74 Å². The van der Waals surface area contributed by atoms with Crippen LogP contribution in [-0.4, -0.2) is 21.1 Å². The maximum atomic E-state index is 12.7. The molecule has 29 heavy (non-hydrogen) atoms. The van der Waals surface area contributed by atoms with Crippen molar-refractivity contribution < 1.29 is 22.8 Å². The first-order chi connectivity index (χ1) is 13.8. The van der Waals surface area contributed by atoms with E-state index in [2.05, 4.69) is 4.98 Å². The average molecular weight is 407 g/mol. The van der Waals surface area contributed by atoms with E-state index in [4.69, 9.17) is 4.74 Å². The van der Waals surface area contributed by atoms with Crippen LogP contribution in [0, 0.1) is 10.1 Å². The number of aryl methyl sites for hydroxylation is 1. The van der Waals surface area contributed by atoms with Gasteiger partial charge in [-0.3, -0.25) is 19.5 Å². The van der Waals surface area contributed by atoms with Crippen molar-refractivity contribution in [3.63, 3.8) is 0 Å². The van der Waals surface area contributed by atoms with Crippen LogP contribution in [0.25, 0.3) is 10.9 Å². The second kappa shape index (κ2) is 8.29.